The lowest BCUT2D eigenvalue weighted by atomic mass is 10.4. The van der Waals surface area contributed by atoms with Crippen molar-refractivity contribution >= 4 is 28.7 Å². The Kier molecular flexibility index (Phi) is 3.66. The normalized spacial score (nSPS) is 18.3. The summed E-state index contributed by atoms with van der Waals surface area (Å²) in [5.74, 6) is 1.14. The van der Waals surface area contributed by atoms with E-state index in [1.165, 1.54) is 10.6 Å². The number of rotatable bonds is 0. The number of halogens is 1. The number of hydrogen-bond donors (Lipinski definition) is 0. The van der Waals surface area contributed by atoms with Gasteiger partial charge >= 0.3 is 0 Å². The lowest BCUT2D eigenvalue weighted by molar-refractivity contribution is 0.502. The highest BCUT2D eigenvalue weighted by Gasteiger charge is 2.10. The second-order valence-electron chi connectivity index (χ2n) is 2.11. The van der Waals surface area contributed by atoms with Gasteiger partial charge in [0.15, 0.2) is 0 Å². The molecule has 0 radical (unpaired) electrons. The number of nitrogens with zero attached hydrogens (tertiary/aromatic N) is 1. The molecule has 1 rings (SSSR count). The van der Waals surface area contributed by atoms with Crippen molar-refractivity contribution in [1.29, 1.82) is 0 Å². The first-order chi connectivity index (χ1) is 3.72. The van der Waals surface area contributed by atoms with Gasteiger partial charge in [-0.2, -0.15) is 0 Å². The van der Waals surface area contributed by atoms with E-state index in [1.54, 1.807) is 0 Å². The minimum Gasteiger partial charge on any atom is -0.368 e. The van der Waals surface area contributed by atoms with E-state index in [1.807, 2.05) is 11.8 Å². The predicted octanol–water partition coefficient (Wildman–Crippen LogP) is 2.45. The standard InChI is InChI=1S/C6H11NS.BrH/c1-5-6(2)8-4-7(5)3;/h4H2,1-3H3;1H. The minimum atomic E-state index is 0. The second-order valence-corrected chi connectivity index (χ2v) is 3.27. The van der Waals surface area contributed by atoms with Crippen LogP contribution in [0.3, 0.4) is 0 Å². The van der Waals surface area contributed by atoms with Crippen LogP contribution in [-0.4, -0.2) is 17.8 Å². The van der Waals surface area contributed by atoms with E-state index in [-0.39, 0.29) is 17.0 Å². The van der Waals surface area contributed by atoms with E-state index >= 15 is 0 Å². The molecule has 3 heteroatoms. The zero-order valence-corrected chi connectivity index (χ0v) is 8.50. The van der Waals surface area contributed by atoms with Crippen molar-refractivity contribution in [2.24, 2.45) is 0 Å². The number of allylic oxidation sites excluding steroid dienone is 2. The molecule has 0 spiro atoms. The lowest BCUT2D eigenvalue weighted by Crippen LogP contribution is -2.09. The molecule has 1 heterocycles. The van der Waals surface area contributed by atoms with Gasteiger partial charge in [-0.25, -0.2) is 0 Å². The van der Waals surface area contributed by atoms with Gasteiger partial charge in [-0.1, -0.05) is 0 Å². The van der Waals surface area contributed by atoms with Gasteiger partial charge in [0.25, 0.3) is 0 Å². The molecular formula is C6H12BrNS. The summed E-state index contributed by atoms with van der Waals surface area (Å²) in [6.45, 7) is 4.33. The average Bonchev–Trinajstić information content (AvgIpc) is 1.98. The summed E-state index contributed by atoms with van der Waals surface area (Å²) in [7, 11) is 2.12. The van der Waals surface area contributed by atoms with Crippen molar-refractivity contribution in [3.05, 3.63) is 10.6 Å². The summed E-state index contributed by atoms with van der Waals surface area (Å²) in [6, 6.07) is 0. The van der Waals surface area contributed by atoms with Crippen LogP contribution in [0.4, 0.5) is 0 Å². The van der Waals surface area contributed by atoms with Gasteiger partial charge in [-0.05, 0) is 13.8 Å². The van der Waals surface area contributed by atoms with E-state index in [4.69, 9.17) is 0 Å². The number of thioether (sulfide) groups is 1. The molecule has 0 fully saturated rings. The molecule has 0 saturated carbocycles. The Labute approximate surface area is 71.3 Å². The maximum absolute atomic E-state index is 2.26. The molecule has 1 aliphatic heterocycles. The molecule has 0 bridgehead atoms. The molecule has 9 heavy (non-hydrogen) atoms. The third kappa shape index (κ3) is 1.90. The van der Waals surface area contributed by atoms with Crippen LogP contribution in [0.1, 0.15) is 13.8 Å². The fourth-order valence-electron chi connectivity index (χ4n) is 0.664. The van der Waals surface area contributed by atoms with Crippen LogP contribution in [0.2, 0.25) is 0 Å². The van der Waals surface area contributed by atoms with Crippen LogP contribution < -0.4 is 0 Å². The molecule has 0 N–H and O–H groups in total. The second kappa shape index (κ2) is 3.52. The molecule has 0 unspecified atom stereocenters. The van der Waals surface area contributed by atoms with Crippen molar-refractivity contribution in [1.82, 2.24) is 4.90 Å². The van der Waals surface area contributed by atoms with Gasteiger partial charge in [-0.3, -0.25) is 0 Å². The monoisotopic (exact) mass is 209 g/mol. The zero-order chi connectivity index (χ0) is 6.15. The smallest absolute Gasteiger partial charge is 0.0677 e. The number of hydrogen-bond acceptors (Lipinski definition) is 2. The highest BCUT2D eigenvalue weighted by Crippen LogP contribution is 2.28. The van der Waals surface area contributed by atoms with Gasteiger partial charge in [-0.15, -0.1) is 28.7 Å². The molecule has 0 atom stereocenters. The molecule has 1 nitrogen and oxygen atoms in total. The van der Waals surface area contributed by atoms with Gasteiger partial charge in [0.2, 0.25) is 0 Å². The first-order valence-corrected chi connectivity index (χ1v) is 3.72. The molecular weight excluding hydrogens is 198 g/mol. The van der Waals surface area contributed by atoms with E-state index in [9.17, 15) is 0 Å². The largest absolute Gasteiger partial charge is 0.368 e. The molecule has 1 aliphatic rings. The van der Waals surface area contributed by atoms with Crippen molar-refractivity contribution in [3.8, 4) is 0 Å². The van der Waals surface area contributed by atoms with Gasteiger partial charge < -0.3 is 4.90 Å². The first kappa shape index (κ1) is 9.37. The Hall–Kier alpha value is 0.370. The maximum Gasteiger partial charge on any atom is 0.0677 e. The van der Waals surface area contributed by atoms with Crippen LogP contribution in [0.5, 0.6) is 0 Å². The third-order valence-corrected chi connectivity index (χ3v) is 2.80. The predicted molar refractivity (Wildman–Crippen MR) is 48.9 cm³/mol. The van der Waals surface area contributed by atoms with Crippen LogP contribution in [0.25, 0.3) is 0 Å². The van der Waals surface area contributed by atoms with Crippen LogP contribution in [-0.2, 0) is 0 Å². The topological polar surface area (TPSA) is 3.24 Å². The average molecular weight is 210 g/mol. The Balaban J connectivity index is 0.000000640. The summed E-state index contributed by atoms with van der Waals surface area (Å²) < 4.78 is 0. The van der Waals surface area contributed by atoms with E-state index in [2.05, 4.69) is 25.8 Å². The van der Waals surface area contributed by atoms with Crippen molar-refractivity contribution in [3.63, 3.8) is 0 Å². The summed E-state index contributed by atoms with van der Waals surface area (Å²) in [6.07, 6.45) is 0. The zero-order valence-electron chi connectivity index (χ0n) is 5.97. The summed E-state index contributed by atoms with van der Waals surface area (Å²) >= 11 is 1.92. The molecule has 0 aromatic heterocycles. The highest BCUT2D eigenvalue weighted by molar-refractivity contribution is 8.93. The van der Waals surface area contributed by atoms with Crippen molar-refractivity contribution < 1.29 is 0 Å². The van der Waals surface area contributed by atoms with Gasteiger partial charge in [0.05, 0.1) is 5.88 Å². The Morgan fingerprint density at radius 2 is 2.00 bits per heavy atom. The Bertz CT molecular complexity index is 133. The van der Waals surface area contributed by atoms with Gasteiger partial charge in [0, 0.05) is 17.6 Å². The molecule has 54 valence electrons. The van der Waals surface area contributed by atoms with Gasteiger partial charge in [0.1, 0.15) is 0 Å². The van der Waals surface area contributed by atoms with Crippen LogP contribution in [0, 0.1) is 0 Å². The SMILES string of the molecule is Br.CC1=C(C)N(C)CS1. The first-order valence-electron chi connectivity index (χ1n) is 2.73. The molecule has 0 aromatic carbocycles. The lowest BCUT2D eigenvalue weighted by Gasteiger charge is -2.09. The Morgan fingerprint density at radius 1 is 1.44 bits per heavy atom. The van der Waals surface area contributed by atoms with Crippen LogP contribution in [0.15, 0.2) is 10.6 Å². The van der Waals surface area contributed by atoms with E-state index in [0.29, 0.717) is 0 Å². The van der Waals surface area contributed by atoms with Crippen LogP contribution >= 0.6 is 28.7 Å². The summed E-state index contributed by atoms with van der Waals surface area (Å²) in [4.78, 5) is 3.73. The summed E-state index contributed by atoms with van der Waals surface area (Å²) in [5.41, 5.74) is 1.43. The Morgan fingerprint density at radius 3 is 2.11 bits per heavy atom. The minimum absolute atomic E-state index is 0. The van der Waals surface area contributed by atoms with E-state index in [0.717, 1.165) is 5.88 Å². The van der Waals surface area contributed by atoms with Crippen molar-refractivity contribution in [2.75, 3.05) is 12.9 Å². The molecule has 0 saturated heterocycles. The van der Waals surface area contributed by atoms with E-state index < -0.39 is 0 Å². The fourth-order valence-corrected chi connectivity index (χ4v) is 1.61. The summed E-state index contributed by atoms with van der Waals surface area (Å²) in [5, 5.41) is 0. The molecule has 0 aromatic rings. The molecule has 0 aliphatic carbocycles. The quantitative estimate of drug-likeness (QED) is 0.604. The molecule has 0 amide bonds. The highest BCUT2D eigenvalue weighted by atomic mass is 79.9. The fraction of sp³-hybridized carbons (Fsp3) is 0.667. The maximum atomic E-state index is 2.26. The van der Waals surface area contributed by atoms with Crippen molar-refractivity contribution in [2.45, 2.75) is 13.8 Å². The third-order valence-electron chi connectivity index (χ3n) is 1.56.